The highest BCUT2D eigenvalue weighted by atomic mass is 32.2. The van der Waals surface area contributed by atoms with E-state index in [-0.39, 0.29) is 16.7 Å². The lowest BCUT2D eigenvalue weighted by atomic mass is 10.2. The first-order valence-corrected chi connectivity index (χ1v) is 10.7. The van der Waals surface area contributed by atoms with E-state index >= 15 is 0 Å². The van der Waals surface area contributed by atoms with Crippen molar-refractivity contribution in [2.45, 2.75) is 24.8 Å². The fourth-order valence-electron chi connectivity index (χ4n) is 2.31. The average molecular weight is 437 g/mol. The van der Waals surface area contributed by atoms with Gasteiger partial charge >= 0.3 is 16.2 Å². The predicted octanol–water partition coefficient (Wildman–Crippen LogP) is 3.66. The number of anilines is 1. The Balaban J connectivity index is 1.75. The number of amides is 1. The molecule has 1 heterocycles. The van der Waals surface area contributed by atoms with Gasteiger partial charge in [0.05, 0.1) is 24.6 Å². The van der Waals surface area contributed by atoms with Crippen molar-refractivity contribution in [1.82, 2.24) is 5.32 Å². The summed E-state index contributed by atoms with van der Waals surface area (Å²) in [6, 6.07) is 10.6. The Morgan fingerprint density at radius 1 is 1.14 bits per heavy atom. The van der Waals surface area contributed by atoms with Gasteiger partial charge in [0, 0.05) is 18.0 Å². The molecule has 9 nitrogen and oxygen atoms in total. The minimum Gasteiger partial charge on any atom is -0.491 e. The number of carbonyl (C=O) groups excluding carboxylic acids is 1. The number of alkyl carbamates (subject to hydrolysis) is 1. The molecule has 11 heteroatoms. The van der Waals surface area contributed by atoms with Gasteiger partial charge in [-0.1, -0.05) is 0 Å². The van der Waals surface area contributed by atoms with Gasteiger partial charge in [0.2, 0.25) is 0 Å². The van der Waals surface area contributed by atoms with Gasteiger partial charge in [-0.05, 0) is 50.2 Å². The summed E-state index contributed by atoms with van der Waals surface area (Å²) in [5.41, 5.74) is 1.05. The number of rotatable bonds is 5. The third-order valence-corrected chi connectivity index (χ3v) is 5.50. The number of nitrogens with zero attached hydrogens (tertiary/aromatic N) is 1. The van der Waals surface area contributed by atoms with Gasteiger partial charge in [0.15, 0.2) is 5.17 Å². The van der Waals surface area contributed by atoms with E-state index in [0.29, 0.717) is 22.3 Å². The smallest absolute Gasteiger partial charge is 0.412 e. The van der Waals surface area contributed by atoms with Crippen molar-refractivity contribution in [3.8, 4) is 11.5 Å². The Kier molecular flexibility index (Phi) is 6.18. The zero-order valence-corrected chi connectivity index (χ0v) is 17.5. The highest BCUT2D eigenvalue weighted by Crippen LogP contribution is 2.36. The lowest BCUT2D eigenvalue weighted by Crippen LogP contribution is -2.29. The molecule has 0 fully saturated rings. The molecule has 0 spiro atoms. The molecule has 1 amide bonds. The van der Waals surface area contributed by atoms with E-state index < -0.39 is 16.2 Å². The number of ether oxygens (including phenoxy) is 2. The Morgan fingerprint density at radius 2 is 1.83 bits per heavy atom. The van der Waals surface area contributed by atoms with Crippen molar-refractivity contribution in [2.75, 3.05) is 11.8 Å². The number of aliphatic imine (C=N–C) groups is 1. The summed E-state index contributed by atoms with van der Waals surface area (Å²) >= 11 is 1.05. The molecule has 0 aromatic heterocycles. The van der Waals surface area contributed by atoms with Crippen molar-refractivity contribution < 1.29 is 26.9 Å². The Labute approximate surface area is 172 Å². The van der Waals surface area contributed by atoms with E-state index in [0.717, 1.165) is 11.9 Å². The van der Waals surface area contributed by atoms with Crippen LogP contribution in [0.15, 0.2) is 52.4 Å². The van der Waals surface area contributed by atoms with Crippen LogP contribution in [0.5, 0.6) is 11.5 Å². The number of hydrogen-bond acceptors (Lipinski definition) is 9. The molecular formula is C18H19N3O6S2. The number of amidine groups is 1. The average Bonchev–Trinajstić information content (AvgIpc) is 2.67. The number of hydrogen-bond donors (Lipinski definition) is 2. The summed E-state index contributed by atoms with van der Waals surface area (Å²) in [4.78, 5) is 15.5. The number of methoxy groups -OCH3 is 1. The zero-order chi connectivity index (χ0) is 21.0. The molecular weight excluding hydrogens is 418 g/mol. The monoisotopic (exact) mass is 437 g/mol. The number of nitrogens with one attached hydrogen (secondary N) is 2. The first-order valence-electron chi connectivity index (χ1n) is 8.48. The van der Waals surface area contributed by atoms with Crippen LogP contribution in [0.2, 0.25) is 0 Å². The quantitative estimate of drug-likeness (QED) is 0.538. The first-order chi connectivity index (χ1) is 13.8. The molecule has 0 saturated carbocycles. The molecule has 0 saturated heterocycles. The number of benzene rings is 2. The minimum absolute atomic E-state index is 0.0104. The van der Waals surface area contributed by atoms with E-state index in [4.69, 9.17) is 8.92 Å². The van der Waals surface area contributed by atoms with Gasteiger partial charge in [-0.3, -0.25) is 5.32 Å². The van der Waals surface area contributed by atoms with Gasteiger partial charge in [0.1, 0.15) is 16.4 Å². The second kappa shape index (κ2) is 8.62. The molecule has 2 aromatic carbocycles. The maximum atomic E-state index is 12.5. The van der Waals surface area contributed by atoms with Crippen molar-refractivity contribution in [3.05, 3.63) is 42.5 Å². The van der Waals surface area contributed by atoms with Gasteiger partial charge in [-0.15, -0.1) is 0 Å². The molecule has 0 radical (unpaired) electrons. The highest BCUT2D eigenvalue weighted by molar-refractivity contribution is 8.15. The Bertz CT molecular complexity index is 1040. The Hall–Kier alpha value is -2.92. The van der Waals surface area contributed by atoms with Gasteiger partial charge < -0.3 is 18.4 Å². The molecule has 0 bridgehead atoms. The van der Waals surface area contributed by atoms with Crippen LogP contribution in [0.25, 0.3) is 0 Å². The van der Waals surface area contributed by atoms with Crippen LogP contribution in [0.1, 0.15) is 13.8 Å². The summed E-state index contributed by atoms with van der Waals surface area (Å²) in [5, 5.41) is 2.75. The molecule has 0 atom stereocenters. The van der Waals surface area contributed by atoms with E-state index in [1.807, 2.05) is 13.8 Å². The van der Waals surface area contributed by atoms with Gasteiger partial charge in [-0.25, -0.2) is 9.79 Å². The van der Waals surface area contributed by atoms with Gasteiger partial charge in [0.25, 0.3) is 0 Å². The van der Waals surface area contributed by atoms with Crippen molar-refractivity contribution >= 4 is 44.7 Å². The molecule has 2 N–H and O–H groups in total. The maximum Gasteiger partial charge on any atom is 0.412 e. The highest BCUT2D eigenvalue weighted by Gasteiger charge is 2.20. The third kappa shape index (κ3) is 5.33. The molecule has 29 heavy (non-hydrogen) atoms. The number of fused-ring (bicyclic) bond motifs is 1. The summed E-state index contributed by atoms with van der Waals surface area (Å²) in [7, 11) is -2.76. The van der Waals surface area contributed by atoms with E-state index in [1.54, 1.807) is 18.2 Å². The van der Waals surface area contributed by atoms with Crippen LogP contribution in [0.4, 0.5) is 16.2 Å². The predicted molar refractivity (Wildman–Crippen MR) is 110 cm³/mol. The molecule has 0 unspecified atom stereocenters. The summed E-state index contributed by atoms with van der Waals surface area (Å²) in [5.74, 6) is 0.696. The fourth-order valence-corrected chi connectivity index (χ4v) is 3.88. The summed E-state index contributed by atoms with van der Waals surface area (Å²) in [6.07, 6.45) is -0.655. The van der Waals surface area contributed by atoms with Crippen LogP contribution in [-0.4, -0.2) is 32.9 Å². The maximum absolute atomic E-state index is 12.5. The lowest BCUT2D eigenvalue weighted by molar-refractivity contribution is 0.177. The third-order valence-electron chi connectivity index (χ3n) is 3.53. The molecule has 2 aromatic rings. The normalized spacial score (nSPS) is 13.0. The minimum atomic E-state index is -4.01. The summed E-state index contributed by atoms with van der Waals surface area (Å²) in [6.45, 7) is 3.77. The lowest BCUT2D eigenvalue weighted by Gasteiger charge is -2.17. The van der Waals surface area contributed by atoms with Crippen molar-refractivity contribution in [3.63, 3.8) is 0 Å². The fraction of sp³-hybridized carbons (Fsp3) is 0.222. The first kappa shape index (κ1) is 20.8. The summed E-state index contributed by atoms with van der Waals surface area (Å²) < 4.78 is 43.3. The standard InChI is InChI=1S/C18H19N3O6S2/c1-11(2)26-12-4-7-14(8-5-12)29(23,24)27-13-6-9-15-16(10-13)21-28-17(19-15)20-18(22)25-3/h4-11,21H,1-3H3,(H,19,20,22). The number of carbonyl (C=O) groups is 1. The molecule has 1 aliphatic rings. The van der Waals surface area contributed by atoms with Crippen LogP contribution < -0.4 is 19.0 Å². The molecule has 154 valence electrons. The zero-order valence-electron chi connectivity index (χ0n) is 15.8. The largest absolute Gasteiger partial charge is 0.491 e. The van der Waals surface area contributed by atoms with E-state index in [1.165, 1.54) is 31.4 Å². The van der Waals surface area contributed by atoms with Crippen molar-refractivity contribution in [1.29, 1.82) is 0 Å². The second-order valence-electron chi connectivity index (χ2n) is 6.09. The van der Waals surface area contributed by atoms with Crippen LogP contribution in [0, 0.1) is 0 Å². The van der Waals surface area contributed by atoms with Crippen LogP contribution in [-0.2, 0) is 14.9 Å². The van der Waals surface area contributed by atoms with Gasteiger partial charge in [-0.2, -0.15) is 8.42 Å². The van der Waals surface area contributed by atoms with Crippen LogP contribution >= 0.6 is 11.9 Å². The Morgan fingerprint density at radius 3 is 2.48 bits per heavy atom. The molecule has 3 rings (SSSR count). The SMILES string of the molecule is COC(=O)NC1=Nc2ccc(OS(=O)(=O)c3ccc(OC(C)C)cc3)cc2NS1. The molecule has 1 aliphatic heterocycles. The van der Waals surface area contributed by atoms with E-state index in [2.05, 4.69) is 19.8 Å². The van der Waals surface area contributed by atoms with Crippen molar-refractivity contribution in [2.24, 2.45) is 4.99 Å². The van der Waals surface area contributed by atoms with Crippen LogP contribution in [0.3, 0.4) is 0 Å². The molecule has 0 aliphatic carbocycles. The second-order valence-corrected chi connectivity index (χ2v) is 8.43. The van der Waals surface area contributed by atoms with E-state index in [9.17, 15) is 13.2 Å². The topological polar surface area (TPSA) is 115 Å².